The Balaban J connectivity index is 1.73. The first-order chi connectivity index (χ1) is 15.7. The molecule has 0 radical (unpaired) electrons. The standard InChI is InChI=1S/C24H18ClF4NO3/c25-19-6-10-21(11-7-19)30-22(31)33-15-23(30,14-32-13-16-4-8-20(26)9-5-16)17-2-1-3-18(12-17)24(27,28)29/h1-12H,13-15H2. The van der Waals surface area contributed by atoms with E-state index >= 15 is 0 Å². The highest BCUT2D eigenvalue weighted by molar-refractivity contribution is 6.30. The molecule has 1 amide bonds. The minimum Gasteiger partial charge on any atom is -0.446 e. The second-order valence-electron chi connectivity index (χ2n) is 7.60. The van der Waals surface area contributed by atoms with Gasteiger partial charge in [-0.3, -0.25) is 4.90 Å². The Morgan fingerprint density at radius 2 is 1.73 bits per heavy atom. The van der Waals surface area contributed by atoms with Crippen molar-refractivity contribution in [1.82, 2.24) is 0 Å². The summed E-state index contributed by atoms with van der Waals surface area (Å²) in [5.74, 6) is -0.400. The Labute approximate surface area is 192 Å². The van der Waals surface area contributed by atoms with Gasteiger partial charge in [-0.1, -0.05) is 35.9 Å². The smallest absolute Gasteiger partial charge is 0.416 e. The number of halogens is 5. The summed E-state index contributed by atoms with van der Waals surface area (Å²) in [4.78, 5) is 14.0. The third-order valence-corrected chi connectivity index (χ3v) is 5.63. The lowest BCUT2D eigenvalue weighted by Gasteiger charge is -2.36. The number of cyclic esters (lactones) is 1. The van der Waals surface area contributed by atoms with Crippen LogP contribution in [0.1, 0.15) is 16.7 Å². The average Bonchev–Trinajstić information content (AvgIpc) is 3.12. The van der Waals surface area contributed by atoms with Crippen LogP contribution in [-0.4, -0.2) is 19.3 Å². The fourth-order valence-corrected chi connectivity index (χ4v) is 3.86. The van der Waals surface area contributed by atoms with Crippen LogP contribution in [0, 0.1) is 5.82 Å². The summed E-state index contributed by atoms with van der Waals surface area (Å²) in [6.07, 6.45) is -5.29. The minimum atomic E-state index is -4.57. The van der Waals surface area contributed by atoms with E-state index in [1.807, 2.05) is 0 Å². The van der Waals surface area contributed by atoms with Crippen LogP contribution in [0.2, 0.25) is 5.02 Å². The number of hydrogen-bond donors (Lipinski definition) is 0. The first kappa shape index (κ1) is 23.1. The molecule has 0 aliphatic carbocycles. The molecule has 1 fully saturated rings. The predicted octanol–water partition coefficient (Wildman–Crippen LogP) is 6.57. The van der Waals surface area contributed by atoms with Crippen LogP contribution < -0.4 is 4.90 Å². The number of carbonyl (C=O) groups is 1. The highest BCUT2D eigenvalue weighted by Gasteiger charge is 2.50. The maximum Gasteiger partial charge on any atom is 0.416 e. The number of anilines is 1. The summed E-state index contributed by atoms with van der Waals surface area (Å²) >= 11 is 5.97. The van der Waals surface area contributed by atoms with Gasteiger partial charge in [-0.15, -0.1) is 0 Å². The number of nitrogens with zero attached hydrogens (tertiary/aromatic N) is 1. The summed E-state index contributed by atoms with van der Waals surface area (Å²) in [6.45, 7) is -0.330. The molecular weight excluding hydrogens is 462 g/mol. The van der Waals surface area contributed by atoms with E-state index in [0.717, 1.165) is 12.1 Å². The molecule has 1 atom stereocenters. The summed E-state index contributed by atoms with van der Waals surface area (Å²) < 4.78 is 64.6. The van der Waals surface area contributed by atoms with Crippen molar-refractivity contribution in [1.29, 1.82) is 0 Å². The molecule has 0 saturated carbocycles. The zero-order valence-corrected chi connectivity index (χ0v) is 17.9. The molecule has 33 heavy (non-hydrogen) atoms. The van der Waals surface area contributed by atoms with E-state index < -0.39 is 29.2 Å². The molecule has 1 unspecified atom stereocenters. The van der Waals surface area contributed by atoms with Crippen LogP contribution in [-0.2, 0) is 27.8 Å². The van der Waals surface area contributed by atoms with Crippen molar-refractivity contribution >= 4 is 23.4 Å². The zero-order chi connectivity index (χ0) is 23.6. The van der Waals surface area contributed by atoms with Crippen molar-refractivity contribution in [3.05, 3.63) is 100 Å². The van der Waals surface area contributed by atoms with E-state index in [4.69, 9.17) is 21.1 Å². The van der Waals surface area contributed by atoms with Crippen LogP contribution in [0.25, 0.3) is 0 Å². The van der Waals surface area contributed by atoms with Crippen molar-refractivity contribution < 1.29 is 31.8 Å². The predicted molar refractivity (Wildman–Crippen MR) is 114 cm³/mol. The molecule has 3 aromatic carbocycles. The highest BCUT2D eigenvalue weighted by atomic mass is 35.5. The number of rotatable bonds is 6. The first-order valence-electron chi connectivity index (χ1n) is 9.91. The molecule has 0 N–H and O–H groups in total. The summed E-state index contributed by atoms with van der Waals surface area (Å²) in [5.41, 5.74) is -0.958. The lowest BCUT2D eigenvalue weighted by atomic mass is 9.88. The van der Waals surface area contributed by atoms with E-state index in [-0.39, 0.29) is 25.4 Å². The molecule has 172 valence electrons. The van der Waals surface area contributed by atoms with Gasteiger partial charge in [0.25, 0.3) is 0 Å². The van der Waals surface area contributed by atoms with Crippen LogP contribution in [0.5, 0.6) is 0 Å². The van der Waals surface area contributed by atoms with Crippen molar-refractivity contribution in [3.8, 4) is 0 Å². The van der Waals surface area contributed by atoms with Gasteiger partial charge in [-0.05, 0) is 59.7 Å². The average molecular weight is 480 g/mol. The first-order valence-corrected chi connectivity index (χ1v) is 10.3. The second-order valence-corrected chi connectivity index (χ2v) is 8.03. The molecule has 9 heteroatoms. The van der Waals surface area contributed by atoms with Crippen LogP contribution >= 0.6 is 11.6 Å². The zero-order valence-electron chi connectivity index (χ0n) is 17.1. The molecule has 1 saturated heterocycles. The number of amides is 1. The van der Waals surface area contributed by atoms with Gasteiger partial charge in [0.1, 0.15) is 18.0 Å². The molecule has 0 bridgehead atoms. The van der Waals surface area contributed by atoms with Gasteiger partial charge in [0.15, 0.2) is 0 Å². The summed E-state index contributed by atoms with van der Waals surface area (Å²) in [5, 5.41) is 0.434. The van der Waals surface area contributed by atoms with Crippen molar-refractivity contribution in [2.75, 3.05) is 18.1 Å². The van der Waals surface area contributed by atoms with E-state index in [1.54, 1.807) is 36.4 Å². The van der Waals surface area contributed by atoms with Crippen molar-refractivity contribution in [2.24, 2.45) is 0 Å². The third kappa shape index (κ3) is 4.82. The summed E-state index contributed by atoms with van der Waals surface area (Å²) in [7, 11) is 0. The molecule has 1 aliphatic heterocycles. The SMILES string of the molecule is O=C1OCC(COCc2ccc(F)cc2)(c2cccc(C(F)(F)F)c2)N1c1ccc(Cl)cc1. The Bertz CT molecular complexity index is 1140. The molecule has 4 rings (SSSR count). The Morgan fingerprint density at radius 3 is 2.39 bits per heavy atom. The molecule has 4 nitrogen and oxygen atoms in total. The van der Waals surface area contributed by atoms with E-state index in [9.17, 15) is 22.4 Å². The monoisotopic (exact) mass is 479 g/mol. The normalized spacial score (nSPS) is 18.5. The number of alkyl halides is 3. The van der Waals surface area contributed by atoms with Crippen LogP contribution in [0.4, 0.5) is 28.0 Å². The van der Waals surface area contributed by atoms with E-state index in [1.165, 1.54) is 29.2 Å². The lowest BCUT2D eigenvalue weighted by Crippen LogP contribution is -2.48. The maximum absolute atomic E-state index is 13.4. The number of carbonyl (C=O) groups excluding carboxylic acids is 1. The molecular formula is C24H18ClF4NO3. The number of ether oxygens (including phenoxy) is 2. The second kappa shape index (κ2) is 9.03. The van der Waals surface area contributed by atoms with Gasteiger partial charge in [0.2, 0.25) is 0 Å². The van der Waals surface area contributed by atoms with E-state index in [2.05, 4.69) is 0 Å². The molecule has 0 aromatic heterocycles. The Kier molecular flexibility index (Phi) is 6.32. The van der Waals surface area contributed by atoms with Gasteiger partial charge in [0.05, 0.1) is 18.8 Å². The van der Waals surface area contributed by atoms with Gasteiger partial charge < -0.3 is 9.47 Å². The third-order valence-electron chi connectivity index (χ3n) is 5.38. The molecule has 1 aliphatic rings. The molecule has 3 aromatic rings. The van der Waals surface area contributed by atoms with Crippen molar-refractivity contribution in [2.45, 2.75) is 18.3 Å². The van der Waals surface area contributed by atoms with Crippen LogP contribution in [0.15, 0.2) is 72.8 Å². The van der Waals surface area contributed by atoms with Gasteiger partial charge in [-0.2, -0.15) is 13.2 Å². The fourth-order valence-electron chi connectivity index (χ4n) is 3.73. The Morgan fingerprint density at radius 1 is 1.03 bits per heavy atom. The Hall–Kier alpha value is -3.10. The van der Waals surface area contributed by atoms with E-state index in [0.29, 0.717) is 16.3 Å². The topological polar surface area (TPSA) is 38.8 Å². The quantitative estimate of drug-likeness (QED) is 0.375. The highest BCUT2D eigenvalue weighted by Crippen LogP contribution is 2.41. The van der Waals surface area contributed by atoms with Gasteiger partial charge >= 0.3 is 12.3 Å². The van der Waals surface area contributed by atoms with Gasteiger partial charge in [0, 0.05) is 10.7 Å². The summed E-state index contributed by atoms with van der Waals surface area (Å²) in [6, 6.07) is 16.7. The molecule has 1 heterocycles. The maximum atomic E-state index is 13.4. The van der Waals surface area contributed by atoms with Crippen molar-refractivity contribution in [3.63, 3.8) is 0 Å². The minimum absolute atomic E-state index is 0.0592. The molecule has 0 spiro atoms. The number of benzene rings is 3. The largest absolute Gasteiger partial charge is 0.446 e. The lowest BCUT2D eigenvalue weighted by molar-refractivity contribution is -0.137. The number of hydrogen-bond acceptors (Lipinski definition) is 3. The van der Waals surface area contributed by atoms with Crippen LogP contribution in [0.3, 0.4) is 0 Å². The van der Waals surface area contributed by atoms with Gasteiger partial charge in [-0.25, -0.2) is 9.18 Å². The fraction of sp³-hybridized carbons (Fsp3) is 0.208.